The maximum atomic E-state index is 13.3. The molecular formula is C17H15FIN3O2. The second-order valence-corrected chi connectivity index (χ2v) is 6.12. The van der Waals surface area contributed by atoms with Gasteiger partial charge in [-0.05, 0) is 52.9 Å². The molecular weight excluding hydrogens is 424 g/mol. The van der Waals surface area contributed by atoms with Gasteiger partial charge in [0.15, 0.2) is 0 Å². The number of benzene rings is 2. The number of hydrazone groups is 1. The maximum Gasteiger partial charge on any atom is 0.240 e. The lowest BCUT2D eigenvalue weighted by Crippen LogP contribution is -2.20. The Bertz CT molecular complexity index is 748. The van der Waals surface area contributed by atoms with Gasteiger partial charge >= 0.3 is 0 Å². The average molecular weight is 439 g/mol. The molecule has 2 aromatic rings. The van der Waals surface area contributed by atoms with Crippen LogP contribution in [0.4, 0.5) is 10.1 Å². The first-order chi connectivity index (χ1) is 11.5. The Morgan fingerprint density at radius 1 is 1.04 bits per heavy atom. The van der Waals surface area contributed by atoms with Gasteiger partial charge in [0.1, 0.15) is 5.82 Å². The highest BCUT2D eigenvalue weighted by Gasteiger charge is 2.07. The number of hydrogen-bond acceptors (Lipinski definition) is 3. The van der Waals surface area contributed by atoms with Gasteiger partial charge in [-0.1, -0.05) is 18.2 Å². The number of carbonyl (C=O) groups is 2. The summed E-state index contributed by atoms with van der Waals surface area (Å²) in [7, 11) is 0. The van der Waals surface area contributed by atoms with Crippen molar-refractivity contribution in [2.24, 2.45) is 5.10 Å². The van der Waals surface area contributed by atoms with Crippen molar-refractivity contribution in [3.8, 4) is 0 Å². The number of rotatable bonds is 6. The molecule has 0 aliphatic heterocycles. The topological polar surface area (TPSA) is 70.6 Å². The first kappa shape index (κ1) is 18.1. The lowest BCUT2D eigenvalue weighted by Gasteiger charge is -2.05. The van der Waals surface area contributed by atoms with E-state index in [0.717, 1.165) is 3.57 Å². The fourth-order valence-electron chi connectivity index (χ4n) is 1.79. The molecule has 124 valence electrons. The molecule has 0 radical (unpaired) electrons. The van der Waals surface area contributed by atoms with Crippen molar-refractivity contribution < 1.29 is 14.0 Å². The highest BCUT2D eigenvalue weighted by molar-refractivity contribution is 14.1. The molecule has 0 aromatic heterocycles. The van der Waals surface area contributed by atoms with Crippen LogP contribution in [0.1, 0.15) is 18.4 Å². The lowest BCUT2D eigenvalue weighted by molar-refractivity contribution is -0.124. The minimum atomic E-state index is -0.424. The van der Waals surface area contributed by atoms with E-state index in [1.807, 2.05) is 12.1 Å². The summed E-state index contributed by atoms with van der Waals surface area (Å²) in [4.78, 5) is 23.4. The molecule has 0 saturated heterocycles. The molecule has 0 saturated carbocycles. The van der Waals surface area contributed by atoms with Crippen LogP contribution >= 0.6 is 22.6 Å². The average Bonchev–Trinajstić information content (AvgIpc) is 2.57. The van der Waals surface area contributed by atoms with E-state index in [9.17, 15) is 14.0 Å². The first-order valence-electron chi connectivity index (χ1n) is 7.16. The normalized spacial score (nSPS) is 10.6. The monoisotopic (exact) mass is 439 g/mol. The van der Waals surface area contributed by atoms with Gasteiger partial charge in [0.25, 0.3) is 0 Å². The molecule has 2 amide bonds. The van der Waals surface area contributed by atoms with Crippen molar-refractivity contribution >= 4 is 46.3 Å². The lowest BCUT2D eigenvalue weighted by atomic mass is 10.2. The Labute approximate surface area is 152 Å². The third-order valence-electron chi connectivity index (χ3n) is 3.01. The Hall–Kier alpha value is -2.29. The van der Waals surface area contributed by atoms with Gasteiger partial charge in [-0.2, -0.15) is 5.10 Å². The van der Waals surface area contributed by atoms with Gasteiger partial charge < -0.3 is 5.32 Å². The van der Waals surface area contributed by atoms with Gasteiger partial charge in [-0.3, -0.25) is 9.59 Å². The van der Waals surface area contributed by atoms with Crippen LogP contribution in [0.3, 0.4) is 0 Å². The van der Waals surface area contributed by atoms with E-state index in [1.165, 1.54) is 12.3 Å². The Kier molecular flexibility index (Phi) is 6.86. The minimum absolute atomic E-state index is 0.00911. The van der Waals surface area contributed by atoms with Crippen LogP contribution in [0.2, 0.25) is 0 Å². The van der Waals surface area contributed by atoms with Gasteiger partial charge in [-0.25, -0.2) is 9.82 Å². The van der Waals surface area contributed by atoms with E-state index in [2.05, 4.69) is 38.4 Å². The van der Waals surface area contributed by atoms with Crippen molar-refractivity contribution in [1.82, 2.24) is 5.43 Å². The number of anilines is 1. The molecule has 5 nitrogen and oxygen atoms in total. The van der Waals surface area contributed by atoms with Crippen LogP contribution in [0, 0.1) is 9.39 Å². The fourth-order valence-corrected chi connectivity index (χ4v) is 2.15. The third-order valence-corrected chi connectivity index (χ3v) is 3.72. The van der Waals surface area contributed by atoms with Crippen LogP contribution in [-0.2, 0) is 9.59 Å². The molecule has 2 aromatic carbocycles. The summed E-state index contributed by atoms with van der Waals surface area (Å²) < 4.78 is 14.4. The molecule has 0 fully saturated rings. The van der Waals surface area contributed by atoms with Crippen LogP contribution in [0.25, 0.3) is 0 Å². The van der Waals surface area contributed by atoms with E-state index in [0.29, 0.717) is 5.69 Å². The zero-order valence-corrected chi connectivity index (χ0v) is 14.8. The number of nitrogens with one attached hydrogen (secondary N) is 2. The highest BCUT2D eigenvalue weighted by Crippen LogP contribution is 2.11. The number of hydrogen-bond donors (Lipinski definition) is 2. The molecule has 24 heavy (non-hydrogen) atoms. The first-order valence-corrected chi connectivity index (χ1v) is 8.24. The van der Waals surface area contributed by atoms with Crippen LogP contribution in [-0.4, -0.2) is 18.0 Å². The summed E-state index contributed by atoms with van der Waals surface area (Å²) in [6, 6.07) is 13.4. The second-order valence-electron chi connectivity index (χ2n) is 4.87. The third kappa shape index (κ3) is 6.07. The molecule has 2 N–H and O–H groups in total. The smallest absolute Gasteiger partial charge is 0.240 e. The van der Waals surface area contributed by atoms with Crippen LogP contribution < -0.4 is 10.7 Å². The summed E-state index contributed by atoms with van der Waals surface area (Å²) in [5.41, 5.74) is 3.22. The Balaban J connectivity index is 1.73. The molecule has 0 unspecified atom stereocenters. The zero-order valence-electron chi connectivity index (χ0n) is 12.6. The van der Waals surface area contributed by atoms with E-state index in [1.54, 1.807) is 30.3 Å². The summed E-state index contributed by atoms with van der Waals surface area (Å²) in [6.45, 7) is 0. The SMILES string of the molecule is O=C(CCC(=O)Nc1ccc(I)cc1)NN=Cc1ccccc1F. The molecule has 0 spiro atoms. The van der Waals surface area contributed by atoms with E-state index < -0.39 is 11.7 Å². The van der Waals surface area contributed by atoms with Gasteiger partial charge in [0.05, 0.1) is 6.21 Å². The van der Waals surface area contributed by atoms with Crippen LogP contribution in [0.15, 0.2) is 53.6 Å². The summed E-state index contributed by atoms with van der Waals surface area (Å²) >= 11 is 2.17. The van der Waals surface area contributed by atoms with Crippen molar-refractivity contribution in [1.29, 1.82) is 0 Å². The molecule has 2 rings (SSSR count). The molecule has 0 aliphatic rings. The van der Waals surface area contributed by atoms with E-state index in [4.69, 9.17) is 0 Å². The fraction of sp³-hybridized carbons (Fsp3) is 0.118. The van der Waals surface area contributed by atoms with Crippen molar-refractivity contribution in [3.63, 3.8) is 0 Å². The van der Waals surface area contributed by atoms with E-state index in [-0.39, 0.29) is 24.3 Å². The zero-order chi connectivity index (χ0) is 17.4. The standard InChI is InChI=1S/C17H15FIN3O2/c18-15-4-2-1-3-12(15)11-20-22-17(24)10-9-16(23)21-14-7-5-13(19)6-8-14/h1-8,11H,9-10H2,(H,21,23)(H,22,24). The highest BCUT2D eigenvalue weighted by atomic mass is 127. The largest absolute Gasteiger partial charge is 0.326 e. The molecule has 0 aliphatic carbocycles. The van der Waals surface area contributed by atoms with Crippen LogP contribution in [0.5, 0.6) is 0 Å². The quantitative estimate of drug-likeness (QED) is 0.412. The summed E-state index contributed by atoms with van der Waals surface area (Å²) in [6.07, 6.45) is 1.25. The van der Waals surface area contributed by atoms with Crippen molar-refractivity contribution in [2.75, 3.05) is 5.32 Å². The number of nitrogens with zero attached hydrogens (tertiary/aromatic N) is 1. The Morgan fingerprint density at radius 2 is 1.71 bits per heavy atom. The van der Waals surface area contributed by atoms with Gasteiger partial charge in [0, 0.05) is 27.7 Å². The predicted molar refractivity (Wildman–Crippen MR) is 99.2 cm³/mol. The number of amides is 2. The van der Waals surface area contributed by atoms with Gasteiger partial charge in [0.2, 0.25) is 11.8 Å². The Morgan fingerprint density at radius 3 is 2.42 bits per heavy atom. The molecule has 0 atom stereocenters. The van der Waals surface area contributed by atoms with Gasteiger partial charge in [-0.15, -0.1) is 0 Å². The molecule has 0 heterocycles. The molecule has 7 heteroatoms. The minimum Gasteiger partial charge on any atom is -0.326 e. The number of carbonyl (C=O) groups excluding carboxylic acids is 2. The second kappa shape index (κ2) is 9.11. The molecule has 0 bridgehead atoms. The summed E-state index contributed by atoms with van der Waals surface area (Å²) in [5, 5.41) is 6.38. The van der Waals surface area contributed by atoms with E-state index >= 15 is 0 Å². The maximum absolute atomic E-state index is 13.3. The van der Waals surface area contributed by atoms with Crippen molar-refractivity contribution in [2.45, 2.75) is 12.8 Å². The number of halogens is 2. The van der Waals surface area contributed by atoms with Crippen molar-refractivity contribution in [3.05, 3.63) is 63.5 Å². The summed E-state index contributed by atoms with van der Waals surface area (Å²) in [5.74, 6) is -1.10. The predicted octanol–water partition coefficient (Wildman–Crippen LogP) is 3.30.